The largest absolute Gasteiger partial charge is 0.377 e. The second kappa shape index (κ2) is 7.02. The highest BCUT2D eigenvalue weighted by Gasteiger charge is 2.08. The van der Waals surface area contributed by atoms with Crippen LogP contribution in [0.25, 0.3) is 0 Å². The minimum absolute atomic E-state index is 0.311. The number of methoxy groups -OCH3 is 1. The molecule has 1 aromatic heterocycles. The number of nitrogens with zero attached hydrogens (tertiary/aromatic N) is 4. The minimum Gasteiger partial charge on any atom is -0.377 e. The van der Waals surface area contributed by atoms with Crippen LogP contribution in [0.2, 0.25) is 5.15 Å². The third kappa shape index (κ3) is 4.15. The lowest BCUT2D eigenvalue weighted by atomic mass is 10.1. The Balaban J connectivity index is 2.19. The normalized spacial score (nSPS) is 10.2. The Labute approximate surface area is 128 Å². The first kappa shape index (κ1) is 15.2. The van der Waals surface area contributed by atoms with Gasteiger partial charge in [0.2, 0.25) is 0 Å². The second-order valence-electron chi connectivity index (χ2n) is 4.57. The van der Waals surface area contributed by atoms with Crippen molar-refractivity contribution in [3.05, 3.63) is 52.4 Å². The molecule has 0 atom stereocenters. The Kier molecular flexibility index (Phi) is 5.09. The van der Waals surface area contributed by atoms with Crippen molar-refractivity contribution in [2.45, 2.75) is 13.2 Å². The van der Waals surface area contributed by atoms with E-state index in [1.165, 1.54) is 0 Å². The van der Waals surface area contributed by atoms with Gasteiger partial charge in [0, 0.05) is 26.8 Å². The molecule has 0 aliphatic rings. The maximum atomic E-state index is 8.93. The Bertz CT molecular complexity index is 669. The van der Waals surface area contributed by atoms with E-state index in [9.17, 15) is 0 Å². The molecule has 0 spiro atoms. The predicted octanol–water partition coefficient (Wildman–Crippen LogP) is 2.78. The van der Waals surface area contributed by atoms with Gasteiger partial charge in [-0.1, -0.05) is 23.7 Å². The lowest BCUT2D eigenvalue weighted by Gasteiger charge is -2.19. The number of nitriles is 1. The van der Waals surface area contributed by atoms with Crippen LogP contribution in [-0.4, -0.2) is 24.1 Å². The zero-order valence-electron chi connectivity index (χ0n) is 11.9. The maximum Gasteiger partial charge on any atom is 0.158 e. The molecule has 2 aromatic rings. The average Bonchev–Trinajstić information content (AvgIpc) is 2.47. The summed E-state index contributed by atoms with van der Waals surface area (Å²) >= 11 is 6.00. The van der Waals surface area contributed by atoms with Crippen molar-refractivity contribution in [1.29, 1.82) is 5.26 Å². The number of ether oxygens (including phenoxy) is 1. The van der Waals surface area contributed by atoms with Crippen LogP contribution in [0.15, 0.2) is 30.3 Å². The molecule has 0 saturated carbocycles. The van der Waals surface area contributed by atoms with Gasteiger partial charge in [-0.3, -0.25) is 0 Å². The highest BCUT2D eigenvalue weighted by Crippen LogP contribution is 2.18. The summed E-state index contributed by atoms with van der Waals surface area (Å²) in [6.45, 7) is 0.931. The summed E-state index contributed by atoms with van der Waals surface area (Å²) in [5, 5.41) is 9.31. The highest BCUT2D eigenvalue weighted by atomic mass is 35.5. The molecule has 5 nitrogen and oxygen atoms in total. The standard InChI is InChI=1S/C15H15ClN4O/c1-20(9-12-5-3-4-11(6-12)8-17)15-7-13(16)18-14(19-15)10-21-2/h3-7H,9-10H2,1-2H3. The number of benzene rings is 1. The van der Waals surface area contributed by atoms with E-state index in [1.807, 2.05) is 30.1 Å². The minimum atomic E-state index is 0.311. The van der Waals surface area contributed by atoms with Gasteiger partial charge in [-0.05, 0) is 17.7 Å². The quantitative estimate of drug-likeness (QED) is 0.795. The summed E-state index contributed by atoms with van der Waals surface area (Å²) in [6, 6.07) is 11.3. The number of halogens is 1. The summed E-state index contributed by atoms with van der Waals surface area (Å²) in [6.07, 6.45) is 0. The van der Waals surface area contributed by atoms with Gasteiger partial charge >= 0.3 is 0 Å². The number of hydrogen-bond acceptors (Lipinski definition) is 5. The molecule has 0 saturated heterocycles. The number of rotatable bonds is 5. The summed E-state index contributed by atoms with van der Waals surface area (Å²) in [5.41, 5.74) is 1.67. The molecule has 0 aliphatic heterocycles. The van der Waals surface area contributed by atoms with E-state index in [0.717, 1.165) is 5.56 Å². The molecule has 108 valence electrons. The number of hydrogen-bond donors (Lipinski definition) is 0. The summed E-state index contributed by atoms with van der Waals surface area (Å²) < 4.78 is 5.03. The van der Waals surface area contributed by atoms with Crippen molar-refractivity contribution < 1.29 is 4.74 Å². The van der Waals surface area contributed by atoms with Gasteiger partial charge in [0.1, 0.15) is 17.6 Å². The fourth-order valence-corrected chi connectivity index (χ4v) is 2.13. The molecule has 0 amide bonds. The van der Waals surface area contributed by atoms with E-state index >= 15 is 0 Å². The molecule has 0 unspecified atom stereocenters. The van der Waals surface area contributed by atoms with Gasteiger partial charge in [0.25, 0.3) is 0 Å². The van der Waals surface area contributed by atoms with Crippen molar-refractivity contribution in [2.24, 2.45) is 0 Å². The van der Waals surface area contributed by atoms with E-state index < -0.39 is 0 Å². The Morgan fingerprint density at radius 3 is 2.86 bits per heavy atom. The molecule has 1 heterocycles. The average molecular weight is 303 g/mol. The molecule has 6 heteroatoms. The summed E-state index contributed by atoms with van der Waals surface area (Å²) in [5.74, 6) is 1.25. The zero-order chi connectivity index (χ0) is 15.2. The van der Waals surface area contributed by atoms with Gasteiger partial charge in [0.05, 0.1) is 11.6 Å². The zero-order valence-corrected chi connectivity index (χ0v) is 12.6. The molecule has 0 aliphatic carbocycles. The lowest BCUT2D eigenvalue weighted by molar-refractivity contribution is 0.178. The fourth-order valence-electron chi connectivity index (χ4n) is 1.93. The number of anilines is 1. The molecule has 0 bridgehead atoms. The van der Waals surface area contributed by atoms with Crippen molar-refractivity contribution in [3.8, 4) is 6.07 Å². The van der Waals surface area contributed by atoms with Gasteiger partial charge < -0.3 is 9.64 Å². The van der Waals surface area contributed by atoms with E-state index in [1.54, 1.807) is 19.2 Å². The SMILES string of the molecule is COCc1nc(Cl)cc(N(C)Cc2cccc(C#N)c2)n1. The van der Waals surface area contributed by atoms with Crippen molar-refractivity contribution >= 4 is 17.4 Å². The first-order valence-electron chi connectivity index (χ1n) is 6.35. The van der Waals surface area contributed by atoms with Crippen molar-refractivity contribution in [1.82, 2.24) is 9.97 Å². The van der Waals surface area contributed by atoms with Gasteiger partial charge in [0.15, 0.2) is 5.82 Å². The van der Waals surface area contributed by atoms with E-state index in [2.05, 4.69) is 16.0 Å². The van der Waals surface area contributed by atoms with Gasteiger partial charge in [-0.2, -0.15) is 5.26 Å². The highest BCUT2D eigenvalue weighted by molar-refractivity contribution is 6.29. The lowest BCUT2D eigenvalue weighted by Crippen LogP contribution is -2.18. The first-order valence-corrected chi connectivity index (χ1v) is 6.72. The molecule has 1 aromatic carbocycles. The van der Waals surface area contributed by atoms with Crippen LogP contribution in [0.3, 0.4) is 0 Å². The molecule has 0 fully saturated rings. The molecule has 0 N–H and O–H groups in total. The molecule has 2 rings (SSSR count). The van der Waals surface area contributed by atoms with Crippen LogP contribution in [0.5, 0.6) is 0 Å². The Hall–Kier alpha value is -2.16. The van der Waals surface area contributed by atoms with Crippen LogP contribution in [0.1, 0.15) is 17.0 Å². The third-order valence-corrected chi connectivity index (χ3v) is 3.06. The third-order valence-electron chi connectivity index (χ3n) is 2.87. The monoisotopic (exact) mass is 302 g/mol. The van der Waals surface area contributed by atoms with E-state index in [-0.39, 0.29) is 0 Å². The van der Waals surface area contributed by atoms with E-state index in [0.29, 0.717) is 35.5 Å². The predicted molar refractivity (Wildman–Crippen MR) is 81.0 cm³/mol. The maximum absolute atomic E-state index is 8.93. The summed E-state index contributed by atoms with van der Waals surface area (Å²) in [4.78, 5) is 10.4. The molecular formula is C15H15ClN4O. The van der Waals surface area contributed by atoms with Gasteiger partial charge in [-0.15, -0.1) is 0 Å². The Morgan fingerprint density at radius 2 is 2.14 bits per heavy atom. The first-order chi connectivity index (χ1) is 10.1. The second-order valence-corrected chi connectivity index (χ2v) is 4.95. The summed E-state index contributed by atoms with van der Waals surface area (Å²) in [7, 11) is 3.50. The van der Waals surface area contributed by atoms with Crippen LogP contribution in [0, 0.1) is 11.3 Å². The molecule has 0 radical (unpaired) electrons. The topological polar surface area (TPSA) is 62.0 Å². The molecule has 21 heavy (non-hydrogen) atoms. The molecular weight excluding hydrogens is 288 g/mol. The van der Waals surface area contributed by atoms with Crippen LogP contribution < -0.4 is 4.90 Å². The van der Waals surface area contributed by atoms with Crippen molar-refractivity contribution in [3.63, 3.8) is 0 Å². The van der Waals surface area contributed by atoms with E-state index in [4.69, 9.17) is 21.6 Å². The fraction of sp³-hybridized carbons (Fsp3) is 0.267. The Morgan fingerprint density at radius 1 is 1.33 bits per heavy atom. The smallest absolute Gasteiger partial charge is 0.158 e. The number of aromatic nitrogens is 2. The van der Waals surface area contributed by atoms with Gasteiger partial charge in [-0.25, -0.2) is 9.97 Å². The van der Waals surface area contributed by atoms with Crippen LogP contribution in [0.4, 0.5) is 5.82 Å². The van der Waals surface area contributed by atoms with Crippen molar-refractivity contribution in [2.75, 3.05) is 19.1 Å². The van der Waals surface area contributed by atoms with Crippen LogP contribution in [-0.2, 0) is 17.9 Å². The van der Waals surface area contributed by atoms with Crippen LogP contribution >= 0.6 is 11.6 Å².